The van der Waals surface area contributed by atoms with Crippen LogP contribution in [0, 0.1) is 13.8 Å². The number of aryl methyl sites for hydroxylation is 2. The van der Waals surface area contributed by atoms with E-state index in [9.17, 15) is 9.59 Å². The molecule has 0 saturated carbocycles. The monoisotopic (exact) mass is 473 g/mol. The van der Waals surface area contributed by atoms with E-state index in [-0.39, 0.29) is 17.6 Å². The van der Waals surface area contributed by atoms with E-state index in [2.05, 4.69) is 15.6 Å². The Morgan fingerprint density at radius 3 is 2.48 bits per heavy atom. The molecule has 0 spiro atoms. The number of aromatic nitrogens is 1. The van der Waals surface area contributed by atoms with E-state index >= 15 is 0 Å². The van der Waals surface area contributed by atoms with Gasteiger partial charge in [0.1, 0.15) is 0 Å². The molecule has 1 aromatic heterocycles. The van der Waals surface area contributed by atoms with Crippen LogP contribution < -0.4 is 10.6 Å². The van der Waals surface area contributed by atoms with Crippen molar-refractivity contribution in [2.45, 2.75) is 18.7 Å². The van der Waals surface area contributed by atoms with Crippen molar-refractivity contribution in [3.63, 3.8) is 0 Å². The third-order valence-corrected chi connectivity index (χ3v) is 6.59. The molecule has 0 bridgehead atoms. The van der Waals surface area contributed by atoms with Gasteiger partial charge in [0.2, 0.25) is 5.91 Å². The summed E-state index contributed by atoms with van der Waals surface area (Å²) in [6, 6.07) is 23.1. The highest BCUT2D eigenvalue weighted by Gasteiger charge is 2.10. The van der Waals surface area contributed by atoms with E-state index in [0.717, 1.165) is 21.7 Å². The maximum Gasteiger partial charge on any atom is 0.255 e. The number of nitrogens with one attached hydrogen (secondary N) is 2. The second-order valence-electron chi connectivity index (χ2n) is 7.59. The number of amides is 2. The summed E-state index contributed by atoms with van der Waals surface area (Å²) >= 11 is 2.81. The van der Waals surface area contributed by atoms with Crippen molar-refractivity contribution in [2.24, 2.45) is 0 Å². The predicted octanol–water partition coefficient (Wildman–Crippen LogP) is 6.41. The molecule has 33 heavy (non-hydrogen) atoms. The topological polar surface area (TPSA) is 71.1 Å². The number of thioether (sulfide) groups is 1. The number of thiazole rings is 1. The van der Waals surface area contributed by atoms with Crippen LogP contribution in [0.1, 0.15) is 21.5 Å². The van der Waals surface area contributed by atoms with Gasteiger partial charge in [0.25, 0.3) is 5.91 Å². The molecular weight excluding hydrogens is 450 g/mol. The van der Waals surface area contributed by atoms with Gasteiger partial charge in [0.05, 0.1) is 11.4 Å². The lowest BCUT2D eigenvalue weighted by Crippen LogP contribution is -2.14. The molecule has 166 valence electrons. The van der Waals surface area contributed by atoms with Gasteiger partial charge in [-0.25, -0.2) is 4.98 Å². The third-order valence-electron chi connectivity index (χ3n) is 4.84. The molecule has 4 rings (SSSR count). The largest absolute Gasteiger partial charge is 0.322 e. The fourth-order valence-corrected chi connectivity index (χ4v) is 4.64. The average molecular weight is 474 g/mol. The number of rotatable bonds is 7. The smallest absolute Gasteiger partial charge is 0.255 e. The molecule has 0 aliphatic carbocycles. The number of hydrogen-bond acceptors (Lipinski definition) is 5. The molecule has 0 radical (unpaired) electrons. The van der Waals surface area contributed by atoms with E-state index in [1.54, 1.807) is 6.07 Å². The van der Waals surface area contributed by atoms with Gasteiger partial charge in [-0.1, -0.05) is 53.6 Å². The lowest BCUT2D eigenvalue weighted by molar-refractivity contribution is -0.113. The first-order chi connectivity index (χ1) is 16.0. The summed E-state index contributed by atoms with van der Waals surface area (Å²) in [7, 11) is 0. The molecule has 3 aromatic carbocycles. The fourth-order valence-electron chi connectivity index (χ4n) is 3.15. The van der Waals surface area contributed by atoms with E-state index < -0.39 is 0 Å². The Morgan fingerprint density at radius 2 is 1.70 bits per heavy atom. The van der Waals surface area contributed by atoms with Crippen LogP contribution in [0.25, 0.3) is 11.3 Å². The van der Waals surface area contributed by atoms with Gasteiger partial charge in [-0.15, -0.1) is 23.1 Å². The fraction of sp³-hybridized carbons (Fsp3) is 0.115. The molecule has 0 unspecified atom stereocenters. The van der Waals surface area contributed by atoms with Crippen molar-refractivity contribution in [1.82, 2.24) is 4.98 Å². The molecule has 1 heterocycles. The summed E-state index contributed by atoms with van der Waals surface area (Å²) in [4.78, 5) is 30.3. The van der Waals surface area contributed by atoms with Crippen LogP contribution >= 0.6 is 23.1 Å². The zero-order valence-corrected chi connectivity index (χ0v) is 19.9. The lowest BCUT2D eigenvalue weighted by Gasteiger charge is -2.08. The molecule has 2 N–H and O–H groups in total. The van der Waals surface area contributed by atoms with Crippen LogP contribution in [0.15, 0.2) is 83.1 Å². The second kappa shape index (κ2) is 10.5. The Balaban J connectivity index is 1.31. The first-order valence-electron chi connectivity index (χ1n) is 10.4. The van der Waals surface area contributed by atoms with Gasteiger partial charge >= 0.3 is 0 Å². The molecule has 7 heteroatoms. The van der Waals surface area contributed by atoms with E-state index in [0.29, 0.717) is 16.4 Å². The summed E-state index contributed by atoms with van der Waals surface area (Å²) in [6.07, 6.45) is 0. The number of hydrogen-bond donors (Lipinski definition) is 2. The first-order valence-corrected chi connectivity index (χ1v) is 12.3. The number of benzene rings is 3. The van der Waals surface area contributed by atoms with Gasteiger partial charge in [-0.3, -0.25) is 9.59 Å². The summed E-state index contributed by atoms with van der Waals surface area (Å²) in [6.45, 7) is 4.00. The van der Waals surface area contributed by atoms with E-state index in [1.165, 1.54) is 28.7 Å². The highest BCUT2D eigenvalue weighted by molar-refractivity contribution is 8.00. The van der Waals surface area contributed by atoms with E-state index in [1.807, 2.05) is 86.0 Å². The highest BCUT2D eigenvalue weighted by Crippen LogP contribution is 2.26. The number of anilines is 2. The van der Waals surface area contributed by atoms with Gasteiger partial charge in [0, 0.05) is 27.1 Å². The summed E-state index contributed by atoms with van der Waals surface area (Å²) in [5.41, 5.74) is 5.40. The van der Waals surface area contributed by atoms with Crippen LogP contribution in [0.5, 0.6) is 0 Å². The normalized spacial score (nSPS) is 10.6. The Kier molecular flexibility index (Phi) is 7.22. The highest BCUT2D eigenvalue weighted by atomic mass is 32.2. The third kappa shape index (κ3) is 6.31. The van der Waals surface area contributed by atoms with E-state index in [4.69, 9.17) is 0 Å². The first kappa shape index (κ1) is 22.8. The van der Waals surface area contributed by atoms with Crippen LogP contribution in [0.3, 0.4) is 0 Å². The zero-order valence-electron chi connectivity index (χ0n) is 18.3. The Labute approximate surface area is 201 Å². The lowest BCUT2D eigenvalue weighted by atomic mass is 10.1. The van der Waals surface area contributed by atoms with Crippen molar-refractivity contribution < 1.29 is 9.59 Å². The molecule has 0 atom stereocenters. The van der Waals surface area contributed by atoms with Gasteiger partial charge in [-0.2, -0.15) is 0 Å². The zero-order chi connectivity index (χ0) is 23.2. The standard InChI is InChI=1S/C26H23N3O2S2/c1-17-9-11-19(12-10-17)23-15-33-26(28-23)29-24(30)16-32-22-8-4-7-21(14-22)27-25(31)20-6-3-5-18(2)13-20/h3-15H,16H2,1-2H3,(H,27,31)(H,28,29,30). The molecule has 0 fully saturated rings. The van der Waals surface area contributed by atoms with Crippen LogP contribution in [0.4, 0.5) is 10.8 Å². The Morgan fingerprint density at radius 1 is 0.909 bits per heavy atom. The Bertz CT molecular complexity index is 1280. The minimum atomic E-state index is -0.160. The predicted molar refractivity (Wildman–Crippen MR) is 137 cm³/mol. The average Bonchev–Trinajstić information content (AvgIpc) is 3.27. The summed E-state index contributed by atoms with van der Waals surface area (Å²) in [5.74, 6) is -0.0416. The summed E-state index contributed by atoms with van der Waals surface area (Å²) < 4.78 is 0. The molecular formula is C26H23N3O2S2. The van der Waals surface area contributed by atoms with Crippen molar-refractivity contribution >= 4 is 45.7 Å². The van der Waals surface area contributed by atoms with Crippen molar-refractivity contribution in [3.05, 3.63) is 94.9 Å². The SMILES string of the molecule is Cc1ccc(-c2csc(NC(=O)CSc3cccc(NC(=O)c4cccc(C)c4)c3)n2)cc1. The van der Waals surface area contributed by atoms with Gasteiger partial charge < -0.3 is 10.6 Å². The van der Waals surface area contributed by atoms with Crippen LogP contribution in [0.2, 0.25) is 0 Å². The van der Waals surface area contributed by atoms with Gasteiger partial charge in [0.15, 0.2) is 5.13 Å². The number of carbonyl (C=O) groups excluding carboxylic acids is 2. The molecule has 0 aliphatic heterocycles. The molecule has 0 aliphatic rings. The summed E-state index contributed by atoms with van der Waals surface area (Å²) in [5, 5.41) is 8.30. The Hall–Kier alpha value is -3.42. The number of nitrogens with zero attached hydrogens (tertiary/aromatic N) is 1. The van der Waals surface area contributed by atoms with Crippen LogP contribution in [-0.4, -0.2) is 22.6 Å². The maximum atomic E-state index is 12.5. The van der Waals surface area contributed by atoms with Crippen molar-refractivity contribution in [2.75, 3.05) is 16.4 Å². The van der Waals surface area contributed by atoms with Crippen LogP contribution in [-0.2, 0) is 4.79 Å². The molecule has 2 amide bonds. The maximum absolute atomic E-state index is 12.5. The minimum absolute atomic E-state index is 0.126. The van der Waals surface area contributed by atoms with Gasteiger partial charge in [-0.05, 0) is 44.2 Å². The molecule has 4 aromatic rings. The second-order valence-corrected chi connectivity index (χ2v) is 9.50. The quantitative estimate of drug-likeness (QED) is 0.304. The van der Waals surface area contributed by atoms with Crippen molar-refractivity contribution in [3.8, 4) is 11.3 Å². The number of carbonyl (C=O) groups is 2. The van der Waals surface area contributed by atoms with Crippen molar-refractivity contribution in [1.29, 1.82) is 0 Å². The minimum Gasteiger partial charge on any atom is -0.322 e. The molecule has 5 nitrogen and oxygen atoms in total. The molecule has 0 saturated heterocycles.